The summed E-state index contributed by atoms with van der Waals surface area (Å²) < 4.78 is 0. The largest absolute Gasteiger partial charge is 0.352 e. The van der Waals surface area contributed by atoms with Crippen molar-refractivity contribution in [2.45, 2.75) is 59.9 Å². The van der Waals surface area contributed by atoms with E-state index in [4.69, 9.17) is 0 Å². The molecule has 1 heterocycles. The highest BCUT2D eigenvalue weighted by Gasteiger charge is 2.26. The van der Waals surface area contributed by atoms with E-state index < -0.39 is 0 Å². The number of hydrogen-bond acceptors (Lipinski definition) is 4. The molecule has 0 unspecified atom stereocenters. The van der Waals surface area contributed by atoms with E-state index >= 15 is 0 Å². The molecule has 0 aliphatic rings. The van der Waals surface area contributed by atoms with Crippen LogP contribution in [-0.4, -0.2) is 40.8 Å². The van der Waals surface area contributed by atoms with Gasteiger partial charge in [-0.25, -0.2) is 4.98 Å². The molecular formula is C16H27N3O2S. The second kappa shape index (κ2) is 7.22. The molecule has 0 bridgehead atoms. The highest BCUT2D eigenvalue weighted by Crippen LogP contribution is 2.29. The number of aromatic nitrogens is 1. The summed E-state index contributed by atoms with van der Waals surface area (Å²) in [4.78, 5) is 31.3. The van der Waals surface area contributed by atoms with Crippen LogP contribution in [0.4, 0.5) is 0 Å². The van der Waals surface area contributed by atoms with Gasteiger partial charge in [0.2, 0.25) is 5.91 Å². The Kier molecular flexibility index (Phi) is 6.11. The summed E-state index contributed by atoms with van der Waals surface area (Å²) in [5, 5.41) is 3.75. The Morgan fingerprint density at radius 3 is 2.32 bits per heavy atom. The third-order valence-corrected chi connectivity index (χ3v) is 4.66. The van der Waals surface area contributed by atoms with Gasteiger partial charge in [0, 0.05) is 18.0 Å². The molecule has 1 aromatic heterocycles. The molecule has 124 valence electrons. The average Bonchev–Trinajstić information content (AvgIpc) is 2.76. The number of carbonyl (C=O) groups excluding carboxylic acids is 2. The van der Waals surface area contributed by atoms with Crippen LogP contribution in [-0.2, 0) is 10.2 Å². The molecule has 0 spiro atoms. The van der Waals surface area contributed by atoms with Gasteiger partial charge in [0.25, 0.3) is 5.91 Å². The number of thiazole rings is 1. The maximum absolute atomic E-state index is 12.7. The molecule has 2 amide bonds. The van der Waals surface area contributed by atoms with Crippen molar-refractivity contribution in [1.29, 1.82) is 0 Å². The minimum absolute atomic E-state index is 0.0685. The zero-order valence-corrected chi connectivity index (χ0v) is 15.4. The molecule has 22 heavy (non-hydrogen) atoms. The van der Waals surface area contributed by atoms with Gasteiger partial charge in [-0.2, -0.15) is 0 Å². The lowest BCUT2D eigenvalue weighted by atomic mass is 9.98. The van der Waals surface area contributed by atoms with Crippen molar-refractivity contribution in [1.82, 2.24) is 15.2 Å². The highest BCUT2D eigenvalue weighted by atomic mass is 32.1. The number of nitrogens with zero attached hydrogens (tertiary/aromatic N) is 2. The first-order valence-corrected chi connectivity index (χ1v) is 8.44. The number of hydrogen-bond donors (Lipinski definition) is 1. The molecule has 6 heteroatoms. The molecule has 0 aromatic carbocycles. The summed E-state index contributed by atoms with van der Waals surface area (Å²) in [5.74, 6) is -0.254. The SMILES string of the molecule is CCN(CC(=O)NC(C)C)C(=O)c1sc(C(C)(C)C)nc1C. The van der Waals surface area contributed by atoms with Gasteiger partial charge in [-0.05, 0) is 27.7 Å². The molecule has 0 fully saturated rings. The van der Waals surface area contributed by atoms with Gasteiger partial charge >= 0.3 is 0 Å². The van der Waals surface area contributed by atoms with Crippen LogP contribution in [0.3, 0.4) is 0 Å². The number of amides is 2. The molecule has 1 N–H and O–H groups in total. The van der Waals surface area contributed by atoms with Gasteiger partial charge in [-0.15, -0.1) is 11.3 Å². The number of nitrogens with one attached hydrogen (secondary N) is 1. The molecule has 1 rings (SSSR count). The van der Waals surface area contributed by atoms with Gasteiger partial charge in [-0.3, -0.25) is 9.59 Å². The van der Waals surface area contributed by atoms with Gasteiger partial charge in [-0.1, -0.05) is 20.8 Å². The summed E-state index contributed by atoms with van der Waals surface area (Å²) in [5.41, 5.74) is 0.655. The third kappa shape index (κ3) is 4.80. The van der Waals surface area contributed by atoms with E-state index in [2.05, 4.69) is 31.1 Å². The summed E-state index contributed by atoms with van der Waals surface area (Å²) in [7, 11) is 0. The van der Waals surface area contributed by atoms with Crippen molar-refractivity contribution >= 4 is 23.2 Å². The van der Waals surface area contributed by atoms with E-state index in [-0.39, 0.29) is 29.8 Å². The second-order valence-electron chi connectivity index (χ2n) is 6.73. The quantitative estimate of drug-likeness (QED) is 0.905. The maximum atomic E-state index is 12.7. The Morgan fingerprint density at radius 1 is 1.32 bits per heavy atom. The van der Waals surface area contributed by atoms with Crippen LogP contribution in [0.15, 0.2) is 0 Å². The summed E-state index contributed by atoms with van der Waals surface area (Å²) >= 11 is 1.43. The molecular weight excluding hydrogens is 298 g/mol. The van der Waals surface area contributed by atoms with E-state index in [1.165, 1.54) is 11.3 Å². The molecule has 0 radical (unpaired) electrons. The minimum atomic E-state index is -0.136. The fourth-order valence-corrected chi connectivity index (χ4v) is 3.02. The Bertz CT molecular complexity index is 544. The van der Waals surface area contributed by atoms with Crippen molar-refractivity contribution in [3.63, 3.8) is 0 Å². The average molecular weight is 325 g/mol. The Labute approximate surface area is 137 Å². The Morgan fingerprint density at radius 2 is 1.91 bits per heavy atom. The molecule has 0 atom stereocenters. The predicted octanol–water partition coefficient (Wildman–Crippen LogP) is 2.74. The van der Waals surface area contributed by atoms with E-state index in [9.17, 15) is 9.59 Å². The zero-order chi connectivity index (χ0) is 17.1. The van der Waals surface area contributed by atoms with Crippen LogP contribution in [0.25, 0.3) is 0 Å². The number of rotatable bonds is 5. The number of carbonyl (C=O) groups is 2. The van der Waals surface area contributed by atoms with E-state index in [1.54, 1.807) is 4.90 Å². The Balaban J connectivity index is 2.93. The van der Waals surface area contributed by atoms with E-state index in [0.29, 0.717) is 11.4 Å². The molecule has 0 aliphatic heterocycles. The van der Waals surface area contributed by atoms with Crippen molar-refractivity contribution < 1.29 is 9.59 Å². The van der Waals surface area contributed by atoms with Crippen LogP contribution >= 0.6 is 11.3 Å². The van der Waals surface area contributed by atoms with Crippen LogP contribution in [0.2, 0.25) is 0 Å². The first-order chi connectivity index (χ1) is 10.1. The predicted molar refractivity (Wildman–Crippen MR) is 90.4 cm³/mol. The summed E-state index contributed by atoms with van der Waals surface area (Å²) in [6.45, 7) is 14.3. The van der Waals surface area contributed by atoms with Crippen LogP contribution < -0.4 is 5.32 Å². The number of likely N-dealkylation sites (N-methyl/N-ethyl adjacent to an activating group) is 1. The van der Waals surface area contributed by atoms with Crippen LogP contribution in [0.1, 0.15) is 61.9 Å². The van der Waals surface area contributed by atoms with Gasteiger partial charge < -0.3 is 10.2 Å². The zero-order valence-electron chi connectivity index (χ0n) is 14.6. The van der Waals surface area contributed by atoms with Gasteiger partial charge in [0.1, 0.15) is 4.88 Å². The fourth-order valence-electron chi connectivity index (χ4n) is 1.93. The highest BCUT2D eigenvalue weighted by molar-refractivity contribution is 7.14. The Hall–Kier alpha value is -1.43. The van der Waals surface area contributed by atoms with Gasteiger partial charge in [0.05, 0.1) is 17.2 Å². The smallest absolute Gasteiger partial charge is 0.266 e. The first kappa shape index (κ1) is 18.6. The summed E-state index contributed by atoms with van der Waals surface area (Å²) in [6, 6.07) is 0.0685. The summed E-state index contributed by atoms with van der Waals surface area (Å²) in [6.07, 6.45) is 0. The minimum Gasteiger partial charge on any atom is -0.352 e. The number of aryl methyl sites for hydroxylation is 1. The standard InChI is InChI=1S/C16H27N3O2S/c1-8-19(9-12(20)17-10(2)3)14(21)13-11(4)18-15(22-13)16(5,6)7/h10H,8-9H2,1-7H3,(H,17,20). The van der Waals surface area contributed by atoms with E-state index in [0.717, 1.165) is 10.7 Å². The lowest BCUT2D eigenvalue weighted by Gasteiger charge is -2.20. The third-order valence-electron chi connectivity index (χ3n) is 3.09. The molecule has 1 aromatic rings. The molecule has 0 saturated heterocycles. The maximum Gasteiger partial charge on any atom is 0.266 e. The van der Waals surface area contributed by atoms with Gasteiger partial charge in [0.15, 0.2) is 0 Å². The molecule has 5 nitrogen and oxygen atoms in total. The van der Waals surface area contributed by atoms with E-state index in [1.807, 2.05) is 27.7 Å². The van der Waals surface area contributed by atoms with Crippen molar-refractivity contribution in [3.8, 4) is 0 Å². The first-order valence-electron chi connectivity index (χ1n) is 7.62. The van der Waals surface area contributed by atoms with Crippen molar-refractivity contribution in [2.24, 2.45) is 0 Å². The lowest BCUT2D eigenvalue weighted by molar-refractivity contribution is -0.122. The molecule has 0 saturated carbocycles. The second-order valence-corrected chi connectivity index (χ2v) is 7.72. The fraction of sp³-hybridized carbons (Fsp3) is 0.688. The normalized spacial score (nSPS) is 11.6. The van der Waals surface area contributed by atoms with Crippen molar-refractivity contribution in [2.75, 3.05) is 13.1 Å². The van der Waals surface area contributed by atoms with Crippen molar-refractivity contribution in [3.05, 3.63) is 15.6 Å². The van der Waals surface area contributed by atoms with Crippen LogP contribution in [0.5, 0.6) is 0 Å². The lowest BCUT2D eigenvalue weighted by Crippen LogP contribution is -2.42. The van der Waals surface area contributed by atoms with Crippen LogP contribution in [0, 0.1) is 6.92 Å². The molecule has 0 aliphatic carbocycles. The topological polar surface area (TPSA) is 62.3 Å². The monoisotopic (exact) mass is 325 g/mol.